The molecule has 0 fully saturated rings. The predicted octanol–water partition coefficient (Wildman–Crippen LogP) is 1.02. The number of hydrogen-bond donors (Lipinski definition) is 2. The van der Waals surface area contributed by atoms with E-state index in [2.05, 4.69) is 0 Å². The summed E-state index contributed by atoms with van der Waals surface area (Å²) in [6.45, 7) is 3.45. The van der Waals surface area contributed by atoms with Crippen LogP contribution in [0.4, 0.5) is 0 Å². The maximum Gasteiger partial charge on any atom is 0.191 e. The molecule has 0 rings (SSSR count). The zero-order valence-corrected chi connectivity index (χ0v) is 5.64. The molecule has 4 heteroatoms. The largest absolute Gasteiger partial charge is 0.346 e. The van der Waals surface area contributed by atoms with Gasteiger partial charge in [-0.2, -0.15) is 0 Å². The molecule has 3 nitrogen and oxygen atoms in total. The number of rotatable bonds is 1. The second kappa shape index (κ2) is 4.31. The normalized spacial score (nSPS) is 13.1. The monoisotopic (exact) mass is 125 g/mol. The topological polar surface area (TPSA) is 72.3 Å². The van der Waals surface area contributed by atoms with Crippen molar-refractivity contribution in [1.29, 1.82) is 0 Å². The van der Waals surface area contributed by atoms with Crippen LogP contribution in [0.2, 0.25) is 0 Å². The molecule has 0 aliphatic rings. The van der Waals surface area contributed by atoms with Crippen molar-refractivity contribution in [3.63, 3.8) is 0 Å². The van der Waals surface area contributed by atoms with Gasteiger partial charge in [-0.05, 0) is 0 Å². The first-order valence-electron chi connectivity index (χ1n) is 1.87. The summed E-state index contributed by atoms with van der Waals surface area (Å²) in [7, 11) is -2.20. The lowest BCUT2D eigenvalue weighted by atomic mass is 10.6. The highest BCUT2D eigenvalue weighted by Gasteiger charge is 1.95. The molecule has 0 amide bonds. The Hall–Kier alpha value is 0.150. The van der Waals surface area contributed by atoms with Crippen LogP contribution in [-0.2, 0) is 4.57 Å². The van der Waals surface area contributed by atoms with Crippen LogP contribution in [0, 0.1) is 0 Å². The highest BCUT2D eigenvalue weighted by atomic mass is 31.1. The van der Waals surface area contributed by atoms with Crippen LogP contribution in [0.3, 0.4) is 0 Å². The van der Waals surface area contributed by atoms with Crippen LogP contribution >= 0.6 is 8.03 Å². The molecule has 46 valence electrons. The van der Waals surface area contributed by atoms with Crippen molar-refractivity contribution in [1.82, 2.24) is 6.15 Å². The van der Waals surface area contributed by atoms with Crippen LogP contribution in [0.15, 0.2) is 0 Å². The highest BCUT2D eigenvalue weighted by Crippen LogP contribution is 2.19. The van der Waals surface area contributed by atoms with E-state index in [0.717, 1.165) is 0 Å². The van der Waals surface area contributed by atoms with Gasteiger partial charge in [0.05, 0.1) is 0 Å². The zero-order valence-electron chi connectivity index (χ0n) is 4.64. The summed E-state index contributed by atoms with van der Waals surface area (Å²) in [6, 6.07) is 0. The lowest BCUT2D eigenvalue weighted by Gasteiger charge is -1.91. The second-order valence-electron chi connectivity index (χ2n) is 1.49. The molecule has 7 heavy (non-hydrogen) atoms. The lowest BCUT2D eigenvalue weighted by molar-refractivity contribution is 0.495. The SMILES string of the molecule is CC(C)[PH](=O)O.N. The molecule has 4 N–H and O–H groups in total. The molecule has 0 aromatic carbocycles. The minimum absolute atomic E-state index is 0. The lowest BCUT2D eigenvalue weighted by Crippen LogP contribution is -1.81. The summed E-state index contributed by atoms with van der Waals surface area (Å²) < 4.78 is 9.88. The Kier molecular flexibility index (Phi) is 6.28. The van der Waals surface area contributed by atoms with E-state index in [4.69, 9.17) is 4.89 Å². The van der Waals surface area contributed by atoms with Crippen LogP contribution in [0.5, 0.6) is 0 Å². The van der Waals surface area contributed by atoms with Crippen molar-refractivity contribution in [3.05, 3.63) is 0 Å². The third-order valence-electron chi connectivity index (χ3n) is 0.494. The first kappa shape index (κ1) is 10.2. The van der Waals surface area contributed by atoms with Gasteiger partial charge in [-0.25, -0.2) is 0 Å². The maximum absolute atomic E-state index is 9.88. The molecule has 0 saturated heterocycles. The van der Waals surface area contributed by atoms with Crippen molar-refractivity contribution >= 4 is 8.03 Å². The summed E-state index contributed by atoms with van der Waals surface area (Å²) >= 11 is 0. The predicted molar refractivity (Wildman–Crippen MR) is 31.4 cm³/mol. The van der Waals surface area contributed by atoms with Gasteiger partial charge in [0.1, 0.15) is 0 Å². The van der Waals surface area contributed by atoms with Gasteiger partial charge >= 0.3 is 0 Å². The van der Waals surface area contributed by atoms with Crippen molar-refractivity contribution < 1.29 is 9.46 Å². The molecule has 0 aliphatic carbocycles. The molecule has 0 aromatic rings. The van der Waals surface area contributed by atoms with E-state index >= 15 is 0 Å². The fourth-order valence-corrected chi connectivity index (χ4v) is 0. The summed E-state index contributed by atoms with van der Waals surface area (Å²) in [6.07, 6.45) is 0. The van der Waals surface area contributed by atoms with E-state index < -0.39 is 8.03 Å². The summed E-state index contributed by atoms with van der Waals surface area (Å²) in [4.78, 5) is 8.18. The summed E-state index contributed by atoms with van der Waals surface area (Å²) in [5.41, 5.74) is -0.0463. The van der Waals surface area contributed by atoms with Gasteiger partial charge in [0, 0.05) is 5.66 Å². The third-order valence-corrected chi connectivity index (χ3v) is 1.48. The van der Waals surface area contributed by atoms with Gasteiger partial charge in [0.25, 0.3) is 0 Å². The minimum atomic E-state index is -2.20. The number of hydrogen-bond acceptors (Lipinski definition) is 2. The van der Waals surface area contributed by atoms with Crippen LogP contribution < -0.4 is 6.15 Å². The molecule has 1 atom stereocenters. The highest BCUT2D eigenvalue weighted by molar-refractivity contribution is 7.38. The van der Waals surface area contributed by atoms with E-state index in [1.807, 2.05) is 0 Å². The smallest absolute Gasteiger partial charge is 0.191 e. The fraction of sp³-hybridized carbons (Fsp3) is 1.00. The van der Waals surface area contributed by atoms with Gasteiger partial charge in [0.15, 0.2) is 8.03 Å². The van der Waals surface area contributed by atoms with Crippen molar-refractivity contribution in [2.75, 3.05) is 0 Å². The van der Waals surface area contributed by atoms with Crippen molar-refractivity contribution in [3.8, 4) is 0 Å². The second-order valence-corrected chi connectivity index (χ2v) is 3.32. The molecule has 0 bridgehead atoms. The molecule has 0 saturated carbocycles. The molecular formula is C3H12NO2P. The quantitative estimate of drug-likeness (QED) is 0.514. The minimum Gasteiger partial charge on any atom is -0.346 e. The Bertz CT molecular complexity index is 64.0. The van der Waals surface area contributed by atoms with Crippen molar-refractivity contribution in [2.45, 2.75) is 19.5 Å². The van der Waals surface area contributed by atoms with E-state index in [1.54, 1.807) is 13.8 Å². The molecule has 0 radical (unpaired) electrons. The van der Waals surface area contributed by atoms with Gasteiger partial charge in [-0.15, -0.1) is 0 Å². The van der Waals surface area contributed by atoms with E-state index in [-0.39, 0.29) is 11.8 Å². The summed E-state index contributed by atoms with van der Waals surface area (Å²) in [5, 5.41) is 0. The Balaban J connectivity index is 0. The molecule has 0 aromatic heterocycles. The molecule has 1 unspecified atom stereocenters. The average molecular weight is 125 g/mol. The third kappa shape index (κ3) is 6.15. The van der Waals surface area contributed by atoms with E-state index in [9.17, 15) is 4.57 Å². The van der Waals surface area contributed by atoms with Gasteiger partial charge in [-0.3, -0.25) is 4.57 Å². The standard InChI is InChI=1S/C3H9O2P.H3N/c1-3(2)6(4)5;/h3,6H,1-2H3,(H,4,5);1H3. The van der Waals surface area contributed by atoms with Crippen LogP contribution in [0.25, 0.3) is 0 Å². The Labute approximate surface area is 44.2 Å². The Morgan fingerprint density at radius 2 is 1.71 bits per heavy atom. The van der Waals surface area contributed by atoms with Gasteiger partial charge in [-0.1, -0.05) is 13.8 Å². The summed E-state index contributed by atoms with van der Waals surface area (Å²) in [5.74, 6) is 0. The Morgan fingerprint density at radius 1 is 1.57 bits per heavy atom. The van der Waals surface area contributed by atoms with Crippen LogP contribution in [0.1, 0.15) is 13.8 Å². The molecule has 0 spiro atoms. The Morgan fingerprint density at radius 3 is 1.71 bits per heavy atom. The zero-order chi connectivity index (χ0) is 5.15. The first-order chi connectivity index (χ1) is 2.64. The van der Waals surface area contributed by atoms with Gasteiger partial charge < -0.3 is 11.0 Å². The van der Waals surface area contributed by atoms with E-state index in [1.165, 1.54) is 0 Å². The average Bonchev–Trinajstić information content (AvgIpc) is 1.36. The maximum atomic E-state index is 9.88. The molecular weight excluding hydrogens is 113 g/mol. The molecule has 0 heterocycles. The van der Waals surface area contributed by atoms with E-state index in [0.29, 0.717) is 0 Å². The van der Waals surface area contributed by atoms with Crippen LogP contribution in [-0.4, -0.2) is 10.6 Å². The fourth-order valence-electron chi connectivity index (χ4n) is 0. The van der Waals surface area contributed by atoms with Crippen molar-refractivity contribution in [2.24, 2.45) is 0 Å². The molecule has 0 aliphatic heterocycles. The van der Waals surface area contributed by atoms with Gasteiger partial charge in [0.2, 0.25) is 0 Å². The first-order valence-corrected chi connectivity index (χ1v) is 3.30.